The third kappa shape index (κ3) is 4.75. The van der Waals surface area contributed by atoms with Gasteiger partial charge in [-0.2, -0.15) is 12.6 Å². The number of nitrogens with zero attached hydrogens (tertiary/aromatic N) is 2. The van der Waals surface area contributed by atoms with Gasteiger partial charge in [0.1, 0.15) is 0 Å². The van der Waals surface area contributed by atoms with Gasteiger partial charge >= 0.3 is 0 Å². The lowest BCUT2D eigenvalue weighted by Crippen LogP contribution is -2.44. The molecule has 0 saturated carbocycles. The molecule has 0 spiro atoms. The Morgan fingerprint density at radius 1 is 1.28 bits per heavy atom. The molecule has 0 bridgehead atoms. The third-order valence-electron chi connectivity index (χ3n) is 4.40. The summed E-state index contributed by atoms with van der Waals surface area (Å²) in [7, 11) is 2.26. The number of hydrogen-bond acceptors (Lipinski definition) is 3. The minimum atomic E-state index is 0.359. The number of thiol groups is 1. The number of likely N-dealkylation sites (N-methyl/N-ethyl adjacent to an activating group) is 1. The Morgan fingerprint density at radius 3 is 2.44 bits per heavy atom. The first-order chi connectivity index (χ1) is 8.38. The standard InChI is InChI=1S/C15H32N2S/c1-6-14-11-16(5)8-7-9-17(14)10-13(12-18)15(2,3)4/h13-14,18H,6-12H2,1-5H3. The molecule has 0 aromatic rings. The predicted molar refractivity (Wildman–Crippen MR) is 84.6 cm³/mol. The molecule has 0 radical (unpaired) electrons. The molecule has 2 nitrogen and oxygen atoms in total. The Morgan fingerprint density at radius 2 is 1.94 bits per heavy atom. The molecule has 1 fully saturated rings. The van der Waals surface area contributed by atoms with E-state index in [-0.39, 0.29) is 0 Å². The highest BCUT2D eigenvalue weighted by atomic mass is 32.1. The normalized spacial score (nSPS) is 26.0. The summed E-state index contributed by atoms with van der Waals surface area (Å²) in [5, 5.41) is 0. The van der Waals surface area contributed by atoms with E-state index >= 15 is 0 Å². The van der Waals surface area contributed by atoms with E-state index in [1.807, 2.05) is 0 Å². The van der Waals surface area contributed by atoms with E-state index in [0.29, 0.717) is 11.3 Å². The van der Waals surface area contributed by atoms with Crippen molar-refractivity contribution >= 4 is 12.6 Å². The van der Waals surface area contributed by atoms with Crippen molar-refractivity contribution in [2.45, 2.75) is 46.6 Å². The molecule has 1 aliphatic rings. The summed E-state index contributed by atoms with van der Waals surface area (Å²) in [5.74, 6) is 1.67. The molecule has 1 heterocycles. The third-order valence-corrected chi connectivity index (χ3v) is 4.84. The second-order valence-corrected chi connectivity index (χ2v) is 7.28. The molecule has 2 unspecified atom stereocenters. The Hall–Kier alpha value is 0.270. The van der Waals surface area contributed by atoms with Crippen LogP contribution < -0.4 is 0 Å². The summed E-state index contributed by atoms with van der Waals surface area (Å²) in [4.78, 5) is 5.20. The summed E-state index contributed by atoms with van der Waals surface area (Å²) in [6.45, 7) is 14.3. The van der Waals surface area contributed by atoms with Crippen molar-refractivity contribution < 1.29 is 0 Å². The van der Waals surface area contributed by atoms with Gasteiger partial charge in [-0.05, 0) is 50.1 Å². The van der Waals surface area contributed by atoms with Crippen molar-refractivity contribution in [3.05, 3.63) is 0 Å². The number of hydrogen-bond donors (Lipinski definition) is 1. The van der Waals surface area contributed by atoms with Crippen molar-refractivity contribution in [2.75, 3.05) is 39.0 Å². The quantitative estimate of drug-likeness (QED) is 0.786. The van der Waals surface area contributed by atoms with E-state index in [2.05, 4.69) is 57.2 Å². The van der Waals surface area contributed by atoms with Crippen LogP contribution in [0.15, 0.2) is 0 Å². The fraction of sp³-hybridized carbons (Fsp3) is 1.00. The molecule has 0 N–H and O–H groups in total. The lowest BCUT2D eigenvalue weighted by molar-refractivity contribution is 0.121. The minimum absolute atomic E-state index is 0.359. The van der Waals surface area contributed by atoms with Crippen LogP contribution in [0.25, 0.3) is 0 Å². The highest BCUT2D eigenvalue weighted by molar-refractivity contribution is 7.80. The van der Waals surface area contributed by atoms with Gasteiger partial charge in [0.25, 0.3) is 0 Å². The maximum Gasteiger partial charge on any atom is 0.0220 e. The highest BCUT2D eigenvalue weighted by Crippen LogP contribution is 2.29. The van der Waals surface area contributed by atoms with Crippen LogP contribution in [0, 0.1) is 11.3 Å². The Balaban J connectivity index is 2.67. The molecule has 18 heavy (non-hydrogen) atoms. The van der Waals surface area contributed by atoms with Gasteiger partial charge in [-0.1, -0.05) is 27.7 Å². The summed E-state index contributed by atoms with van der Waals surface area (Å²) < 4.78 is 0. The van der Waals surface area contributed by atoms with E-state index in [1.54, 1.807) is 0 Å². The van der Waals surface area contributed by atoms with Crippen molar-refractivity contribution in [2.24, 2.45) is 11.3 Å². The van der Waals surface area contributed by atoms with E-state index < -0.39 is 0 Å². The summed E-state index contributed by atoms with van der Waals surface area (Å²) >= 11 is 4.58. The van der Waals surface area contributed by atoms with Gasteiger partial charge in [0.15, 0.2) is 0 Å². The molecule has 3 heteroatoms. The SMILES string of the molecule is CCC1CN(C)CCCN1CC(CS)C(C)(C)C. The smallest absolute Gasteiger partial charge is 0.0220 e. The van der Waals surface area contributed by atoms with Crippen LogP contribution in [0.3, 0.4) is 0 Å². The van der Waals surface area contributed by atoms with Crippen molar-refractivity contribution in [1.29, 1.82) is 0 Å². The molecule has 0 amide bonds. The lowest BCUT2D eigenvalue weighted by atomic mass is 9.81. The fourth-order valence-electron chi connectivity index (χ4n) is 2.81. The van der Waals surface area contributed by atoms with Gasteiger partial charge in [-0.15, -0.1) is 0 Å². The molecule has 0 aromatic heterocycles. The zero-order valence-electron chi connectivity index (χ0n) is 12.9. The molecule has 0 aromatic carbocycles. The lowest BCUT2D eigenvalue weighted by Gasteiger charge is -2.37. The largest absolute Gasteiger partial charge is 0.305 e. The van der Waals surface area contributed by atoms with Gasteiger partial charge < -0.3 is 4.90 Å². The van der Waals surface area contributed by atoms with E-state index in [9.17, 15) is 0 Å². The van der Waals surface area contributed by atoms with Gasteiger partial charge in [0.05, 0.1) is 0 Å². The predicted octanol–water partition coefficient (Wildman–Crippen LogP) is 2.99. The van der Waals surface area contributed by atoms with E-state index in [4.69, 9.17) is 0 Å². The zero-order valence-corrected chi connectivity index (χ0v) is 13.8. The minimum Gasteiger partial charge on any atom is -0.305 e. The van der Waals surface area contributed by atoms with Crippen LogP contribution in [-0.4, -0.2) is 54.8 Å². The first-order valence-corrected chi connectivity index (χ1v) is 8.05. The van der Waals surface area contributed by atoms with Gasteiger partial charge in [0.2, 0.25) is 0 Å². The van der Waals surface area contributed by atoms with Crippen LogP contribution in [0.5, 0.6) is 0 Å². The van der Waals surface area contributed by atoms with Gasteiger partial charge in [0, 0.05) is 19.1 Å². The van der Waals surface area contributed by atoms with Crippen molar-refractivity contribution in [3.8, 4) is 0 Å². The zero-order chi connectivity index (χ0) is 13.8. The van der Waals surface area contributed by atoms with Crippen molar-refractivity contribution in [3.63, 3.8) is 0 Å². The molecular weight excluding hydrogens is 240 g/mol. The van der Waals surface area contributed by atoms with Crippen LogP contribution >= 0.6 is 12.6 Å². The molecule has 108 valence electrons. The second kappa shape index (κ2) is 7.16. The Kier molecular flexibility index (Phi) is 6.49. The Bertz CT molecular complexity index is 237. The molecule has 1 aliphatic heterocycles. The first-order valence-electron chi connectivity index (χ1n) is 7.42. The Labute approximate surface area is 120 Å². The molecule has 2 atom stereocenters. The highest BCUT2D eigenvalue weighted by Gasteiger charge is 2.29. The van der Waals surface area contributed by atoms with Crippen LogP contribution in [-0.2, 0) is 0 Å². The molecule has 0 aliphatic carbocycles. The molecule has 1 rings (SSSR count). The monoisotopic (exact) mass is 272 g/mol. The molecule has 1 saturated heterocycles. The summed E-state index contributed by atoms with van der Waals surface area (Å²) in [6.07, 6.45) is 2.56. The van der Waals surface area contributed by atoms with Crippen LogP contribution in [0.1, 0.15) is 40.5 Å². The summed E-state index contributed by atoms with van der Waals surface area (Å²) in [6, 6.07) is 0.724. The van der Waals surface area contributed by atoms with Gasteiger partial charge in [-0.3, -0.25) is 4.90 Å². The summed E-state index contributed by atoms with van der Waals surface area (Å²) in [5.41, 5.74) is 0.359. The van der Waals surface area contributed by atoms with Crippen molar-refractivity contribution in [1.82, 2.24) is 9.80 Å². The topological polar surface area (TPSA) is 6.48 Å². The van der Waals surface area contributed by atoms with Crippen LogP contribution in [0.4, 0.5) is 0 Å². The first kappa shape index (κ1) is 16.3. The van der Waals surface area contributed by atoms with Crippen LogP contribution in [0.2, 0.25) is 0 Å². The average molecular weight is 273 g/mol. The fourth-order valence-corrected chi connectivity index (χ4v) is 3.47. The average Bonchev–Trinajstić information content (AvgIpc) is 2.45. The van der Waals surface area contributed by atoms with E-state index in [0.717, 1.165) is 11.8 Å². The number of rotatable bonds is 4. The maximum atomic E-state index is 4.58. The van der Waals surface area contributed by atoms with E-state index in [1.165, 1.54) is 39.0 Å². The van der Waals surface area contributed by atoms with Gasteiger partial charge in [-0.25, -0.2) is 0 Å². The maximum absolute atomic E-state index is 4.58. The second-order valence-electron chi connectivity index (χ2n) is 6.92. The molecular formula is C15H32N2S.